The van der Waals surface area contributed by atoms with Crippen molar-refractivity contribution in [2.45, 2.75) is 38.3 Å². The van der Waals surface area contributed by atoms with Gasteiger partial charge < -0.3 is 30.2 Å². The van der Waals surface area contributed by atoms with Crippen molar-refractivity contribution in [3.63, 3.8) is 0 Å². The number of rotatable bonds is 11. The second kappa shape index (κ2) is 19.0. The molecule has 2 aliphatic heterocycles. The Morgan fingerprint density at radius 3 is 2.14 bits per heavy atom. The number of amides is 3. The van der Waals surface area contributed by atoms with Crippen LogP contribution in [0.2, 0.25) is 0 Å². The zero-order valence-corrected chi connectivity index (χ0v) is 42.2. The lowest BCUT2D eigenvalue weighted by Gasteiger charge is -2.23. The summed E-state index contributed by atoms with van der Waals surface area (Å²) in [5.41, 5.74) is 3.69. The average molecular weight is 1020 g/mol. The number of fused-ring (bicyclic) bond motifs is 4. The molecule has 2 aliphatic rings. The molecule has 0 bridgehead atoms. The van der Waals surface area contributed by atoms with Crippen LogP contribution in [0.3, 0.4) is 0 Å². The lowest BCUT2D eigenvalue weighted by atomic mass is 10.1. The van der Waals surface area contributed by atoms with Crippen LogP contribution in [0.15, 0.2) is 137 Å². The number of nitrogens with one attached hydrogen (secondary N) is 3. The number of nitrogens with zero attached hydrogens (tertiary/aromatic N) is 8. The number of aromatic nitrogens is 6. The van der Waals surface area contributed by atoms with E-state index >= 15 is 4.79 Å². The van der Waals surface area contributed by atoms with Crippen LogP contribution in [0.25, 0.3) is 65.2 Å². The standard InChI is InChI=1S/C55H49N11O6S2/c1-32(67)63(50-55(71)65(39-16-14-33-20-25-62(41(33)27-39)37-10-6-4-7-11-37)43-29-44(73-53(43)60-50)51(69)58-35-18-22-56-23-19-35)45-26-34-15-17-40(28-42(34)64(45)38-12-8-5-9-13-38)66-46(68)30-57-54-47(66)48(72-3)49(74-54)52(70)59-36-21-24-61(2)31-36/h4-17,20,25-30,35-36,56H,18-19,21-24,31H2,1-3H3,(H,58,69)(H,59,70)/t36-/m1/s1. The minimum atomic E-state index is -0.589. The van der Waals surface area contributed by atoms with Gasteiger partial charge in [0.15, 0.2) is 5.75 Å². The molecule has 0 saturated carbocycles. The van der Waals surface area contributed by atoms with E-state index in [4.69, 9.17) is 9.72 Å². The van der Waals surface area contributed by atoms with Gasteiger partial charge in [-0.3, -0.25) is 37.7 Å². The average Bonchev–Trinajstić information content (AvgIpc) is 4.27. The first kappa shape index (κ1) is 46.8. The molecule has 19 heteroatoms. The number of carbonyl (C=O) groups excluding carboxylic acids is 3. The van der Waals surface area contributed by atoms with Crippen LogP contribution in [0, 0.1) is 0 Å². The van der Waals surface area contributed by atoms with Gasteiger partial charge in [0.05, 0.1) is 46.1 Å². The number of ether oxygens (including phenoxy) is 1. The summed E-state index contributed by atoms with van der Waals surface area (Å²) in [4.78, 5) is 86.4. The van der Waals surface area contributed by atoms with E-state index in [9.17, 15) is 19.2 Å². The molecule has 10 aromatic rings. The smallest absolute Gasteiger partial charge is 0.299 e. The highest BCUT2D eigenvalue weighted by molar-refractivity contribution is 7.21. The molecular weight excluding hydrogens is 975 g/mol. The number of hydrogen-bond acceptors (Lipinski definition) is 12. The fourth-order valence-electron chi connectivity index (χ4n) is 10.4. The Hall–Kier alpha value is -8.23. The summed E-state index contributed by atoms with van der Waals surface area (Å²) in [6.45, 7) is 4.57. The van der Waals surface area contributed by atoms with Crippen molar-refractivity contribution in [2.24, 2.45) is 0 Å². The largest absolute Gasteiger partial charge is 0.493 e. The summed E-state index contributed by atoms with van der Waals surface area (Å²) in [7, 11) is 3.48. The molecule has 17 nitrogen and oxygen atoms in total. The van der Waals surface area contributed by atoms with Gasteiger partial charge in [-0.1, -0.05) is 48.5 Å². The first-order valence-corrected chi connectivity index (χ1v) is 26.0. The fourth-order valence-corrected chi connectivity index (χ4v) is 12.3. The monoisotopic (exact) mass is 1020 g/mol. The molecule has 4 aromatic carbocycles. The second-order valence-corrected chi connectivity index (χ2v) is 20.7. The van der Waals surface area contributed by atoms with E-state index in [1.54, 1.807) is 12.1 Å². The van der Waals surface area contributed by atoms with Crippen molar-refractivity contribution in [3.05, 3.63) is 158 Å². The third kappa shape index (κ3) is 8.23. The maximum Gasteiger partial charge on any atom is 0.299 e. The molecule has 74 heavy (non-hydrogen) atoms. The van der Waals surface area contributed by atoms with Crippen molar-refractivity contribution >= 4 is 94.5 Å². The number of para-hydroxylation sites is 2. The fraction of sp³-hybridized carbons (Fsp3) is 0.218. The lowest BCUT2D eigenvalue weighted by Crippen LogP contribution is -2.42. The molecule has 2 fully saturated rings. The highest BCUT2D eigenvalue weighted by Gasteiger charge is 2.31. The van der Waals surface area contributed by atoms with E-state index < -0.39 is 17.0 Å². The van der Waals surface area contributed by atoms with Crippen molar-refractivity contribution in [1.82, 2.24) is 49.1 Å². The summed E-state index contributed by atoms with van der Waals surface area (Å²) in [6.07, 6.45) is 5.61. The SMILES string of the molecule is COc1c(C(=O)N[C@@H]2CCN(C)C2)sc2ncc(=O)n(-c3ccc4cc(N(C(C)=O)c5nc6sc(C(=O)NC7CCNCC7)cc6n(-c6ccc7ccn(-c8ccccc8)c7c6)c5=O)n(-c5ccccc5)c4c3)c12. The van der Waals surface area contributed by atoms with Gasteiger partial charge in [-0.15, -0.1) is 22.7 Å². The number of carbonyl (C=O) groups is 3. The van der Waals surface area contributed by atoms with Crippen LogP contribution >= 0.6 is 22.7 Å². The van der Waals surface area contributed by atoms with Crippen molar-refractivity contribution < 1.29 is 19.1 Å². The summed E-state index contributed by atoms with van der Waals surface area (Å²) >= 11 is 2.30. The predicted octanol–water partition coefficient (Wildman–Crippen LogP) is 7.70. The molecule has 3 N–H and O–H groups in total. The molecule has 8 heterocycles. The van der Waals surface area contributed by atoms with Gasteiger partial charge in [0.25, 0.3) is 22.9 Å². The van der Waals surface area contributed by atoms with Crippen LogP contribution in [-0.4, -0.2) is 103 Å². The van der Waals surface area contributed by atoms with Crippen LogP contribution in [0.4, 0.5) is 11.6 Å². The Balaban J connectivity index is 1.04. The van der Waals surface area contributed by atoms with E-state index in [0.717, 1.165) is 84.7 Å². The second-order valence-electron chi connectivity index (χ2n) is 18.7. The zero-order chi connectivity index (χ0) is 50.8. The topological polar surface area (TPSA) is 183 Å². The highest BCUT2D eigenvalue weighted by Crippen LogP contribution is 2.40. The third-order valence-electron chi connectivity index (χ3n) is 13.9. The molecular formula is C55H49N11O6S2. The Kier molecular flexibility index (Phi) is 12.0. The minimum absolute atomic E-state index is 0.00932. The van der Waals surface area contributed by atoms with E-state index in [1.807, 2.05) is 121 Å². The van der Waals surface area contributed by atoms with E-state index in [1.165, 1.54) is 34.3 Å². The number of methoxy groups -OCH3 is 1. The van der Waals surface area contributed by atoms with Gasteiger partial charge in [-0.05, 0) is 113 Å². The summed E-state index contributed by atoms with van der Waals surface area (Å²) in [6, 6.07) is 36.0. The maximum atomic E-state index is 15.6. The summed E-state index contributed by atoms with van der Waals surface area (Å²) in [5, 5.41) is 11.3. The van der Waals surface area contributed by atoms with Crippen molar-refractivity contribution in [1.29, 1.82) is 0 Å². The quantitative estimate of drug-likeness (QED) is 0.116. The first-order chi connectivity index (χ1) is 36.0. The summed E-state index contributed by atoms with van der Waals surface area (Å²) in [5.74, 6) is -0.719. The molecule has 3 amide bonds. The number of thiophene rings is 2. The number of anilines is 2. The van der Waals surface area contributed by atoms with Crippen molar-refractivity contribution in [3.8, 4) is 28.5 Å². The van der Waals surface area contributed by atoms with E-state index in [0.29, 0.717) is 64.2 Å². The molecule has 372 valence electrons. The number of piperidine rings is 1. The van der Waals surface area contributed by atoms with Gasteiger partial charge in [0.1, 0.15) is 25.9 Å². The van der Waals surface area contributed by atoms with Gasteiger partial charge >= 0.3 is 0 Å². The Morgan fingerprint density at radius 2 is 1.42 bits per heavy atom. The van der Waals surface area contributed by atoms with Gasteiger partial charge in [0, 0.05) is 53.9 Å². The number of benzene rings is 4. The molecule has 0 aliphatic carbocycles. The summed E-state index contributed by atoms with van der Waals surface area (Å²) < 4.78 is 12.8. The number of hydrogen-bond donors (Lipinski definition) is 3. The molecule has 0 unspecified atom stereocenters. The minimum Gasteiger partial charge on any atom is -0.493 e. The Labute approximate surface area is 430 Å². The van der Waals surface area contributed by atoms with Crippen molar-refractivity contribution in [2.75, 3.05) is 45.2 Å². The maximum absolute atomic E-state index is 15.6. The third-order valence-corrected chi connectivity index (χ3v) is 16.0. The van der Waals surface area contributed by atoms with Crippen LogP contribution in [0.5, 0.6) is 5.75 Å². The molecule has 0 spiro atoms. The van der Waals surface area contributed by atoms with Gasteiger partial charge in [-0.25, -0.2) is 14.9 Å². The molecule has 2 saturated heterocycles. The molecule has 0 radical (unpaired) electrons. The van der Waals surface area contributed by atoms with Gasteiger partial charge in [0.2, 0.25) is 11.7 Å². The zero-order valence-electron chi connectivity index (χ0n) is 40.6. The van der Waals surface area contributed by atoms with Crippen LogP contribution in [0.1, 0.15) is 45.5 Å². The number of likely N-dealkylation sites (N-methyl/N-ethyl adjacent to an activating group) is 1. The van der Waals surface area contributed by atoms with E-state index in [2.05, 4.69) is 30.4 Å². The lowest BCUT2D eigenvalue weighted by molar-refractivity contribution is -0.115. The Morgan fingerprint density at radius 1 is 0.716 bits per heavy atom. The normalized spacial score (nSPS) is 15.4. The van der Waals surface area contributed by atoms with E-state index in [-0.39, 0.29) is 35.5 Å². The van der Waals surface area contributed by atoms with Crippen LogP contribution < -0.4 is 36.7 Å². The first-order valence-electron chi connectivity index (χ1n) is 24.4. The predicted molar refractivity (Wildman–Crippen MR) is 290 cm³/mol. The number of likely N-dealkylation sites (tertiary alicyclic amines) is 1. The highest BCUT2D eigenvalue weighted by atomic mass is 32.1. The van der Waals surface area contributed by atoms with Gasteiger partial charge in [-0.2, -0.15) is 0 Å². The Bertz CT molecular complexity index is 3980. The molecule has 12 rings (SSSR count). The van der Waals surface area contributed by atoms with Crippen LogP contribution in [-0.2, 0) is 4.79 Å². The molecule has 6 aromatic heterocycles. The molecule has 1 atom stereocenters.